The molecule has 0 aliphatic rings. The van der Waals surface area contributed by atoms with E-state index in [4.69, 9.17) is 5.73 Å². The lowest BCUT2D eigenvalue weighted by Gasteiger charge is -2.14. The second-order valence-electron chi connectivity index (χ2n) is 3.63. The van der Waals surface area contributed by atoms with Crippen LogP contribution in [0.4, 0.5) is 4.39 Å². The maximum absolute atomic E-state index is 13.1. The van der Waals surface area contributed by atoms with Crippen molar-refractivity contribution in [1.82, 2.24) is 4.98 Å². The quantitative estimate of drug-likeness (QED) is 0.778. The number of hydrogen-bond acceptors (Lipinski definition) is 2. The Kier molecular flexibility index (Phi) is 3.37. The number of aromatic nitrogens is 1. The minimum absolute atomic E-state index is 0.219. The molecule has 0 aromatic carbocycles. The summed E-state index contributed by atoms with van der Waals surface area (Å²) in [6.45, 7) is 4.14. The van der Waals surface area contributed by atoms with Gasteiger partial charge in [0, 0.05) is 17.8 Å². The van der Waals surface area contributed by atoms with E-state index in [0.29, 0.717) is 11.5 Å². The summed E-state index contributed by atoms with van der Waals surface area (Å²) < 4.78 is 13.1. The zero-order valence-electron chi connectivity index (χ0n) is 8.00. The fourth-order valence-corrected chi connectivity index (χ4v) is 1.32. The number of halogens is 1. The molecule has 1 rings (SSSR count). The highest BCUT2D eigenvalue weighted by Gasteiger charge is 2.12. The lowest BCUT2D eigenvalue weighted by Crippen LogP contribution is -2.14. The Bertz CT molecular complexity index is 273. The first-order valence-electron chi connectivity index (χ1n) is 4.46. The molecule has 0 saturated heterocycles. The minimum atomic E-state index is -0.310. The van der Waals surface area contributed by atoms with Crippen molar-refractivity contribution < 1.29 is 4.39 Å². The van der Waals surface area contributed by atoms with Crippen molar-refractivity contribution in [3.63, 3.8) is 0 Å². The van der Waals surface area contributed by atoms with E-state index in [0.717, 1.165) is 6.42 Å². The molecule has 1 atom stereocenters. The van der Waals surface area contributed by atoms with Crippen molar-refractivity contribution in [2.24, 2.45) is 11.7 Å². The van der Waals surface area contributed by atoms with E-state index in [2.05, 4.69) is 18.8 Å². The largest absolute Gasteiger partial charge is 0.324 e. The van der Waals surface area contributed by atoms with E-state index in [1.807, 2.05) is 0 Å². The van der Waals surface area contributed by atoms with Crippen molar-refractivity contribution in [2.45, 2.75) is 26.3 Å². The highest BCUT2D eigenvalue weighted by Crippen LogP contribution is 2.20. The second kappa shape index (κ2) is 4.33. The van der Waals surface area contributed by atoms with E-state index < -0.39 is 0 Å². The van der Waals surface area contributed by atoms with Gasteiger partial charge in [-0.25, -0.2) is 4.39 Å². The van der Waals surface area contributed by atoms with Gasteiger partial charge in [0.25, 0.3) is 0 Å². The van der Waals surface area contributed by atoms with Crippen LogP contribution in [0, 0.1) is 11.7 Å². The molecule has 2 nitrogen and oxygen atoms in total. The average molecular weight is 182 g/mol. The Morgan fingerprint density at radius 2 is 2.23 bits per heavy atom. The molecule has 1 aromatic rings. The van der Waals surface area contributed by atoms with Crippen LogP contribution in [-0.4, -0.2) is 4.98 Å². The molecule has 0 aliphatic heterocycles. The molecule has 0 fully saturated rings. The summed E-state index contributed by atoms with van der Waals surface area (Å²) in [7, 11) is 0. The molecule has 0 amide bonds. The van der Waals surface area contributed by atoms with Crippen molar-refractivity contribution in [2.75, 3.05) is 0 Å². The fraction of sp³-hybridized carbons (Fsp3) is 0.500. The van der Waals surface area contributed by atoms with Crippen LogP contribution in [0.2, 0.25) is 0 Å². The first-order chi connectivity index (χ1) is 6.11. The predicted octanol–water partition coefficient (Wildman–Crippen LogP) is 2.27. The van der Waals surface area contributed by atoms with E-state index in [-0.39, 0.29) is 11.9 Å². The van der Waals surface area contributed by atoms with E-state index in [1.54, 1.807) is 12.3 Å². The Labute approximate surface area is 78.0 Å². The standard InChI is InChI=1S/C10H15FN2/c1-7(2)5-10(12)8-3-4-13-6-9(8)11/h3-4,6-7,10H,5,12H2,1-2H3. The van der Waals surface area contributed by atoms with E-state index in [1.165, 1.54) is 6.20 Å². The van der Waals surface area contributed by atoms with Crippen LogP contribution >= 0.6 is 0 Å². The first-order valence-corrected chi connectivity index (χ1v) is 4.46. The minimum Gasteiger partial charge on any atom is -0.324 e. The highest BCUT2D eigenvalue weighted by molar-refractivity contribution is 5.16. The van der Waals surface area contributed by atoms with Crippen LogP contribution in [0.5, 0.6) is 0 Å². The third-order valence-corrected chi connectivity index (χ3v) is 1.93. The summed E-state index contributed by atoms with van der Waals surface area (Å²) in [5, 5.41) is 0. The highest BCUT2D eigenvalue weighted by atomic mass is 19.1. The van der Waals surface area contributed by atoms with Crippen LogP contribution in [-0.2, 0) is 0 Å². The molecule has 3 heteroatoms. The second-order valence-corrected chi connectivity index (χ2v) is 3.63. The third kappa shape index (κ3) is 2.77. The molecule has 0 radical (unpaired) electrons. The van der Waals surface area contributed by atoms with Gasteiger partial charge >= 0.3 is 0 Å². The van der Waals surface area contributed by atoms with Gasteiger partial charge in [-0.05, 0) is 18.4 Å². The van der Waals surface area contributed by atoms with Crippen LogP contribution in [0.1, 0.15) is 31.9 Å². The lowest BCUT2D eigenvalue weighted by atomic mass is 9.98. The van der Waals surface area contributed by atoms with Crippen LogP contribution < -0.4 is 5.73 Å². The van der Waals surface area contributed by atoms with E-state index >= 15 is 0 Å². The van der Waals surface area contributed by atoms with Crippen LogP contribution in [0.3, 0.4) is 0 Å². The maximum atomic E-state index is 13.1. The van der Waals surface area contributed by atoms with E-state index in [9.17, 15) is 4.39 Å². The Hall–Kier alpha value is -0.960. The molecule has 72 valence electrons. The monoisotopic (exact) mass is 182 g/mol. The Morgan fingerprint density at radius 3 is 2.77 bits per heavy atom. The Morgan fingerprint density at radius 1 is 1.54 bits per heavy atom. The molecule has 0 aliphatic carbocycles. The van der Waals surface area contributed by atoms with Gasteiger partial charge in [-0.2, -0.15) is 0 Å². The van der Waals surface area contributed by atoms with Gasteiger partial charge in [-0.1, -0.05) is 13.8 Å². The molecule has 0 bridgehead atoms. The summed E-state index contributed by atoms with van der Waals surface area (Å²) in [6, 6.07) is 1.42. The molecule has 1 unspecified atom stereocenters. The van der Waals surface area contributed by atoms with Crippen LogP contribution in [0.25, 0.3) is 0 Å². The number of rotatable bonds is 3. The van der Waals surface area contributed by atoms with Crippen molar-refractivity contribution in [3.8, 4) is 0 Å². The summed E-state index contributed by atoms with van der Waals surface area (Å²) in [5.41, 5.74) is 6.39. The lowest BCUT2D eigenvalue weighted by molar-refractivity contribution is 0.487. The summed E-state index contributed by atoms with van der Waals surface area (Å²) in [6.07, 6.45) is 3.56. The number of nitrogens with two attached hydrogens (primary N) is 1. The fourth-order valence-electron chi connectivity index (χ4n) is 1.32. The molecular formula is C10H15FN2. The van der Waals surface area contributed by atoms with Crippen LogP contribution in [0.15, 0.2) is 18.5 Å². The van der Waals surface area contributed by atoms with Crippen molar-refractivity contribution in [1.29, 1.82) is 0 Å². The number of pyridine rings is 1. The van der Waals surface area contributed by atoms with Gasteiger partial charge in [-0.15, -0.1) is 0 Å². The summed E-state index contributed by atoms with van der Waals surface area (Å²) in [5.74, 6) is 0.165. The number of nitrogens with zero attached hydrogens (tertiary/aromatic N) is 1. The normalized spacial score (nSPS) is 13.3. The predicted molar refractivity (Wildman–Crippen MR) is 50.6 cm³/mol. The molecule has 0 spiro atoms. The van der Waals surface area contributed by atoms with Crippen molar-refractivity contribution >= 4 is 0 Å². The molecular weight excluding hydrogens is 167 g/mol. The summed E-state index contributed by atoms with van der Waals surface area (Å²) in [4.78, 5) is 3.68. The average Bonchev–Trinajstić information content (AvgIpc) is 2.03. The molecule has 0 saturated carbocycles. The molecule has 2 N–H and O–H groups in total. The van der Waals surface area contributed by atoms with Gasteiger partial charge in [-0.3, -0.25) is 4.98 Å². The van der Waals surface area contributed by atoms with Gasteiger partial charge in [0.1, 0.15) is 5.82 Å². The first kappa shape index (κ1) is 10.1. The van der Waals surface area contributed by atoms with Crippen molar-refractivity contribution in [3.05, 3.63) is 29.8 Å². The topological polar surface area (TPSA) is 38.9 Å². The Balaban J connectivity index is 2.76. The van der Waals surface area contributed by atoms with Gasteiger partial charge in [0.15, 0.2) is 0 Å². The molecule has 1 heterocycles. The zero-order chi connectivity index (χ0) is 9.84. The number of hydrogen-bond donors (Lipinski definition) is 1. The SMILES string of the molecule is CC(C)CC(N)c1ccncc1F. The third-order valence-electron chi connectivity index (χ3n) is 1.93. The summed E-state index contributed by atoms with van der Waals surface area (Å²) >= 11 is 0. The maximum Gasteiger partial charge on any atom is 0.146 e. The van der Waals surface area contributed by atoms with Gasteiger partial charge < -0.3 is 5.73 Å². The zero-order valence-corrected chi connectivity index (χ0v) is 8.00. The van der Waals surface area contributed by atoms with Gasteiger partial charge in [0.2, 0.25) is 0 Å². The molecule has 1 aromatic heterocycles. The smallest absolute Gasteiger partial charge is 0.146 e. The van der Waals surface area contributed by atoms with Gasteiger partial charge in [0.05, 0.1) is 6.20 Å². The molecule has 13 heavy (non-hydrogen) atoms.